The van der Waals surface area contributed by atoms with Crippen LogP contribution < -0.4 is 14.2 Å². The molecule has 1 heterocycles. The van der Waals surface area contributed by atoms with Crippen LogP contribution in [0.15, 0.2) is 97.3 Å². The molecule has 3 aliphatic rings. The van der Waals surface area contributed by atoms with Crippen LogP contribution in [-0.2, 0) is 43.4 Å². The highest BCUT2D eigenvalue weighted by Gasteiger charge is 2.50. The number of hydrogen-bond acceptors (Lipinski definition) is 8. The van der Waals surface area contributed by atoms with Crippen molar-refractivity contribution in [3.8, 4) is 17.2 Å². The van der Waals surface area contributed by atoms with Gasteiger partial charge in [0, 0.05) is 5.92 Å². The highest BCUT2D eigenvalue weighted by atomic mass is 16.6. The summed E-state index contributed by atoms with van der Waals surface area (Å²) in [6.45, 7) is 14.5. The van der Waals surface area contributed by atoms with E-state index in [9.17, 15) is 0 Å². The maximum absolute atomic E-state index is 7.25. The van der Waals surface area contributed by atoms with E-state index in [0.29, 0.717) is 43.6 Å². The first-order valence-corrected chi connectivity index (χ1v) is 21.6. The molecule has 6 atom stereocenters. The lowest BCUT2D eigenvalue weighted by Crippen LogP contribution is -2.59. The van der Waals surface area contributed by atoms with E-state index in [1.165, 1.54) is 64.2 Å². The van der Waals surface area contributed by atoms with Gasteiger partial charge in [0.15, 0.2) is 0 Å². The van der Waals surface area contributed by atoms with Gasteiger partial charge in [0.05, 0.1) is 65.2 Å². The molecule has 0 N–H and O–H groups in total. The molecule has 1 aliphatic heterocycles. The molecule has 3 aromatic rings. The van der Waals surface area contributed by atoms with Crippen molar-refractivity contribution in [1.29, 1.82) is 0 Å². The molecule has 8 nitrogen and oxygen atoms in total. The monoisotopic (exact) mass is 794 g/mol. The zero-order chi connectivity index (χ0) is 40.9. The maximum atomic E-state index is 7.25. The summed E-state index contributed by atoms with van der Waals surface area (Å²) < 4.78 is 51.6. The van der Waals surface area contributed by atoms with Gasteiger partial charge in [-0.3, -0.25) is 0 Å². The summed E-state index contributed by atoms with van der Waals surface area (Å²) in [4.78, 5) is 0. The second-order valence-corrected chi connectivity index (χ2v) is 16.8. The van der Waals surface area contributed by atoms with E-state index in [1.54, 1.807) is 21.3 Å². The summed E-state index contributed by atoms with van der Waals surface area (Å²) in [6, 6.07) is 24.1. The summed E-state index contributed by atoms with van der Waals surface area (Å²) in [5.74, 6) is 3.94. The van der Waals surface area contributed by atoms with Crippen molar-refractivity contribution in [2.45, 2.75) is 146 Å². The van der Waals surface area contributed by atoms with Crippen molar-refractivity contribution >= 4 is 6.92 Å². The normalized spacial score (nSPS) is 23.4. The van der Waals surface area contributed by atoms with Crippen LogP contribution in [0.4, 0.5) is 0 Å². The zero-order valence-corrected chi connectivity index (χ0v) is 35.7. The van der Waals surface area contributed by atoms with Crippen LogP contribution in [0.25, 0.3) is 0 Å². The Bertz CT molecular complexity index is 1670. The van der Waals surface area contributed by atoms with Gasteiger partial charge in [-0.05, 0) is 78.1 Å². The van der Waals surface area contributed by atoms with E-state index < -0.39 is 18.3 Å². The predicted octanol–water partition coefficient (Wildman–Crippen LogP) is 11.3. The molecular formula is C49H67BO8. The standard InChI is InChI=1S/C49H67BO8/c1-34(2)30-45-49(56-33-39-22-28-44(53-7)29-23-39)46(54-31-37-18-24-42(51-5)25-19-37)35(3)47(57-45)48(55-32-38-20-26-43(52-6)27-21-38)36(4)58-50(40-14-10-8-11-15-40)41-16-12-9-13-17-41/h18-29,35,40-41,45-49H,1,4,8-17,30-33H2,2-3,5-7H3/t35-,45-,46-,47-,48-,49-/m1/s1. The van der Waals surface area contributed by atoms with Gasteiger partial charge in [-0.2, -0.15) is 0 Å². The number of ether oxygens (including phenoxy) is 7. The van der Waals surface area contributed by atoms with Gasteiger partial charge in [-0.25, -0.2) is 0 Å². The van der Waals surface area contributed by atoms with Crippen molar-refractivity contribution in [3.05, 3.63) is 114 Å². The zero-order valence-electron chi connectivity index (χ0n) is 35.7. The van der Waals surface area contributed by atoms with E-state index in [0.717, 1.165) is 39.5 Å². The first kappa shape index (κ1) is 43.8. The van der Waals surface area contributed by atoms with Gasteiger partial charge in [0.25, 0.3) is 0 Å². The van der Waals surface area contributed by atoms with E-state index in [2.05, 4.69) is 13.5 Å². The van der Waals surface area contributed by atoms with Crippen LogP contribution in [0, 0.1) is 5.92 Å². The summed E-state index contributed by atoms with van der Waals surface area (Å²) >= 11 is 0. The second kappa shape index (κ2) is 22.0. The molecule has 0 aromatic heterocycles. The average Bonchev–Trinajstić information content (AvgIpc) is 3.26. The Morgan fingerprint density at radius 1 is 0.638 bits per heavy atom. The number of benzene rings is 3. The molecule has 3 fully saturated rings. The minimum atomic E-state index is -0.561. The summed E-state index contributed by atoms with van der Waals surface area (Å²) in [7, 11) is 5.04. The topological polar surface area (TPSA) is 73.8 Å². The fourth-order valence-corrected chi connectivity index (χ4v) is 9.26. The van der Waals surface area contributed by atoms with Crippen molar-refractivity contribution in [2.75, 3.05) is 21.3 Å². The van der Waals surface area contributed by atoms with Crippen LogP contribution in [0.5, 0.6) is 17.2 Å². The number of hydrogen-bond donors (Lipinski definition) is 0. The van der Waals surface area contributed by atoms with Crippen LogP contribution >= 0.6 is 0 Å². The first-order chi connectivity index (χ1) is 28.3. The molecule has 0 amide bonds. The van der Waals surface area contributed by atoms with Crippen molar-refractivity contribution < 1.29 is 37.8 Å². The van der Waals surface area contributed by atoms with Crippen molar-refractivity contribution in [2.24, 2.45) is 5.92 Å². The Labute approximate surface area is 348 Å². The highest BCUT2D eigenvalue weighted by molar-refractivity contribution is 6.55. The molecule has 0 radical (unpaired) electrons. The smallest absolute Gasteiger partial charge is 0.363 e. The molecule has 314 valence electrons. The maximum Gasteiger partial charge on any atom is 0.363 e. The molecule has 0 spiro atoms. The fraction of sp³-hybridized carbons (Fsp3) is 0.551. The number of methoxy groups -OCH3 is 3. The first-order valence-electron chi connectivity index (χ1n) is 21.6. The molecule has 58 heavy (non-hydrogen) atoms. The Balaban J connectivity index is 1.32. The van der Waals surface area contributed by atoms with E-state index in [1.807, 2.05) is 79.7 Å². The minimum Gasteiger partial charge on any atom is -0.562 e. The van der Waals surface area contributed by atoms with Crippen molar-refractivity contribution in [1.82, 2.24) is 0 Å². The summed E-state index contributed by atoms with van der Waals surface area (Å²) in [5, 5.41) is 0. The van der Waals surface area contributed by atoms with Gasteiger partial charge >= 0.3 is 6.92 Å². The Morgan fingerprint density at radius 2 is 1.07 bits per heavy atom. The molecular weight excluding hydrogens is 727 g/mol. The lowest BCUT2D eigenvalue weighted by Gasteiger charge is -2.48. The van der Waals surface area contributed by atoms with Gasteiger partial charge in [-0.1, -0.05) is 120 Å². The van der Waals surface area contributed by atoms with Gasteiger partial charge < -0.3 is 37.8 Å². The molecule has 0 bridgehead atoms. The lowest BCUT2D eigenvalue weighted by molar-refractivity contribution is -0.251. The average molecular weight is 795 g/mol. The molecule has 6 rings (SSSR count). The van der Waals surface area contributed by atoms with Crippen LogP contribution in [-0.4, -0.2) is 58.8 Å². The summed E-state index contributed by atoms with van der Waals surface area (Å²) in [5.41, 5.74) is 4.12. The lowest BCUT2D eigenvalue weighted by atomic mass is 9.41. The third-order valence-electron chi connectivity index (χ3n) is 12.5. The molecule has 3 aromatic carbocycles. The molecule has 1 saturated heterocycles. The third-order valence-corrected chi connectivity index (χ3v) is 12.5. The SMILES string of the molecule is C=C(C)C[C@H]1O[C@@H]([C@H](OCc2ccc(OC)cc2)C(=C)OB(C2CCCCC2)C2CCCCC2)[C@H](C)[C@@H](OCc2ccc(OC)cc2)[C@@H]1OCc1ccc(OC)cc1. The quantitative estimate of drug-likeness (QED) is 0.0636. The minimum absolute atomic E-state index is 0.119. The number of rotatable bonds is 20. The Morgan fingerprint density at radius 3 is 1.50 bits per heavy atom. The van der Waals surface area contributed by atoms with Crippen LogP contribution in [0.1, 0.15) is 101 Å². The Hall–Kier alpha value is -3.76. The second-order valence-electron chi connectivity index (χ2n) is 16.8. The Kier molecular flexibility index (Phi) is 16.6. The van der Waals surface area contributed by atoms with Crippen molar-refractivity contribution in [3.63, 3.8) is 0 Å². The van der Waals surface area contributed by atoms with Crippen LogP contribution in [0.3, 0.4) is 0 Å². The molecule has 2 aliphatic carbocycles. The van der Waals surface area contributed by atoms with Gasteiger partial charge in [-0.15, -0.1) is 6.58 Å². The predicted molar refractivity (Wildman–Crippen MR) is 232 cm³/mol. The van der Waals surface area contributed by atoms with Crippen LogP contribution in [0.2, 0.25) is 11.6 Å². The van der Waals surface area contributed by atoms with Gasteiger partial charge in [0.1, 0.15) is 29.5 Å². The molecule has 2 saturated carbocycles. The third kappa shape index (κ3) is 11.9. The fourth-order valence-electron chi connectivity index (χ4n) is 9.26. The summed E-state index contributed by atoms with van der Waals surface area (Å²) in [6.07, 6.45) is 11.0. The highest BCUT2D eigenvalue weighted by Crippen LogP contribution is 2.44. The van der Waals surface area contributed by atoms with Gasteiger partial charge in [0.2, 0.25) is 0 Å². The molecule has 0 unspecified atom stereocenters. The van der Waals surface area contributed by atoms with E-state index in [-0.39, 0.29) is 25.0 Å². The largest absolute Gasteiger partial charge is 0.562 e. The van der Waals surface area contributed by atoms with E-state index >= 15 is 0 Å². The molecule has 9 heteroatoms. The van der Waals surface area contributed by atoms with E-state index in [4.69, 9.17) is 44.4 Å².